The Bertz CT molecular complexity index is 852. The van der Waals surface area contributed by atoms with Crippen molar-refractivity contribution in [3.63, 3.8) is 0 Å². The van der Waals surface area contributed by atoms with E-state index in [9.17, 15) is 18.0 Å². The number of ether oxygens (including phenoxy) is 1. The number of carbonyl (C=O) groups is 1. The van der Waals surface area contributed by atoms with E-state index < -0.39 is 24.2 Å². The molecule has 0 fully saturated rings. The van der Waals surface area contributed by atoms with Gasteiger partial charge in [-0.2, -0.15) is 18.3 Å². The third-order valence-electron chi connectivity index (χ3n) is 4.58. The molecular formula is C18H20ClF3N4O2. The molecule has 3 rings (SSSR count). The van der Waals surface area contributed by atoms with Gasteiger partial charge < -0.3 is 15.4 Å². The zero-order valence-electron chi connectivity index (χ0n) is 15.3. The van der Waals surface area contributed by atoms with Gasteiger partial charge in [0.05, 0.1) is 12.6 Å². The van der Waals surface area contributed by atoms with Crippen LogP contribution < -0.4 is 10.6 Å². The average Bonchev–Trinajstić information content (AvgIpc) is 2.98. The second-order valence-corrected chi connectivity index (χ2v) is 6.98. The SMILES string of the molecule is COCCNC(=O)c1nn2c(c1Cl)N[C@H](c1ccc(C)cc1)C[C@H]2C(F)(F)F. The first kappa shape index (κ1) is 20.5. The fraction of sp³-hybridized carbons (Fsp3) is 0.444. The van der Waals surface area contributed by atoms with Crippen molar-refractivity contribution in [3.8, 4) is 0 Å². The van der Waals surface area contributed by atoms with Crippen LogP contribution in [0.2, 0.25) is 5.02 Å². The Morgan fingerprint density at radius 2 is 2.07 bits per heavy atom. The summed E-state index contributed by atoms with van der Waals surface area (Å²) >= 11 is 6.24. The van der Waals surface area contributed by atoms with E-state index in [1.54, 1.807) is 12.1 Å². The number of carbonyl (C=O) groups excluding carboxylic acids is 1. The summed E-state index contributed by atoms with van der Waals surface area (Å²) in [5.74, 6) is -0.670. The molecule has 28 heavy (non-hydrogen) atoms. The summed E-state index contributed by atoms with van der Waals surface area (Å²) in [5.41, 5.74) is 1.46. The van der Waals surface area contributed by atoms with E-state index in [0.717, 1.165) is 10.2 Å². The van der Waals surface area contributed by atoms with Gasteiger partial charge in [0.2, 0.25) is 0 Å². The highest BCUT2D eigenvalue weighted by atomic mass is 35.5. The highest BCUT2D eigenvalue weighted by Gasteiger charge is 2.47. The smallest absolute Gasteiger partial charge is 0.383 e. The quantitative estimate of drug-likeness (QED) is 0.726. The van der Waals surface area contributed by atoms with Gasteiger partial charge in [-0.25, -0.2) is 4.68 Å². The van der Waals surface area contributed by atoms with E-state index in [1.165, 1.54) is 7.11 Å². The highest BCUT2D eigenvalue weighted by Crippen LogP contribution is 2.46. The first-order valence-electron chi connectivity index (χ1n) is 8.67. The second kappa shape index (κ2) is 8.00. The van der Waals surface area contributed by atoms with Crippen molar-refractivity contribution in [2.24, 2.45) is 0 Å². The molecule has 1 aliphatic rings. The summed E-state index contributed by atoms with van der Waals surface area (Å²) < 4.78 is 46.7. The molecule has 2 atom stereocenters. The van der Waals surface area contributed by atoms with E-state index in [1.807, 2.05) is 19.1 Å². The number of alkyl halides is 3. The van der Waals surface area contributed by atoms with Gasteiger partial charge in [-0.3, -0.25) is 4.79 Å². The molecule has 152 valence electrons. The van der Waals surface area contributed by atoms with Crippen molar-refractivity contribution < 1.29 is 22.7 Å². The summed E-state index contributed by atoms with van der Waals surface area (Å²) in [5, 5.41) is 9.26. The summed E-state index contributed by atoms with van der Waals surface area (Å²) in [6, 6.07) is 4.72. The minimum atomic E-state index is -4.54. The molecule has 0 saturated carbocycles. The van der Waals surface area contributed by atoms with Crippen LogP contribution in [0.4, 0.5) is 19.0 Å². The molecule has 0 radical (unpaired) electrons. The number of hydrogen-bond acceptors (Lipinski definition) is 4. The zero-order valence-corrected chi connectivity index (χ0v) is 16.1. The molecule has 10 heteroatoms. The number of nitrogens with one attached hydrogen (secondary N) is 2. The molecule has 0 unspecified atom stereocenters. The molecule has 1 amide bonds. The second-order valence-electron chi connectivity index (χ2n) is 6.61. The number of methoxy groups -OCH3 is 1. The number of aromatic nitrogens is 2. The zero-order chi connectivity index (χ0) is 20.5. The van der Waals surface area contributed by atoms with Gasteiger partial charge in [-0.1, -0.05) is 41.4 Å². The highest BCUT2D eigenvalue weighted by molar-refractivity contribution is 6.36. The number of rotatable bonds is 5. The maximum atomic E-state index is 13.7. The molecule has 2 aromatic rings. The lowest BCUT2D eigenvalue weighted by Gasteiger charge is -2.33. The lowest BCUT2D eigenvalue weighted by molar-refractivity contribution is -0.173. The normalized spacial score (nSPS) is 19.1. The molecule has 0 saturated heterocycles. The third-order valence-corrected chi connectivity index (χ3v) is 4.94. The van der Waals surface area contributed by atoms with Crippen LogP contribution in [0, 0.1) is 6.92 Å². The fourth-order valence-corrected chi connectivity index (χ4v) is 3.37. The van der Waals surface area contributed by atoms with Gasteiger partial charge in [0, 0.05) is 20.1 Å². The maximum Gasteiger partial charge on any atom is 0.410 e. The van der Waals surface area contributed by atoms with Crippen LogP contribution >= 0.6 is 11.6 Å². The van der Waals surface area contributed by atoms with Crippen molar-refractivity contribution >= 4 is 23.3 Å². The van der Waals surface area contributed by atoms with Crippen LogP contribution in [0.1, 0.15) is 40.1 Å². The van der Waals surface area contributed by atoms with Crippen molar-refractivity contribution in [2.45, 2.75) is 31.6 Å². The summed E-state index contributed by atoms with van der Waals surface area (Å²) in [6.45, 7) is 2.35. The van der Waals surface area contributed by atoms with Gasteiger partial charge in [0.1, 0.15) is 10.8 Å². The van der Waals surface area contributed by atoms with E-state index in [4.69, 9.17) is 16.3 Å². The number of benzene rings is 1. The molecular weight excluding hydrogens is 397 g/mol. The minimum absolute atomic E-state index is 0.0160. The van der Waals surface area contributed by atoms with Gasteiger partial charge in [0.15, 0.2) is 11.7 Å². The van der Waals surface area contributed by atoms with Crippen LogP contribution in [0.3, 0.4) is 0 Å². The van der Waals surface area contributed by atoms with Crippen LogP contribution in [0.25, 0.3) is 0 Å². The van der Waals surface area contributed by atoms with Crippen LogP contribution in [-0.2, 0) is 4.74 Å². The van der Waals surface area contributed by atoms with Gasteiger partial charge in [0.25, 0.3) is 5.91 Å². The number of aryl methyl sites for hydroxylation is 1. The van der Waals surface area contributed by atoms with E-state index in [-0.39, 0.29) is 36.1 Å². The third kappa shape index (κ3) is 4.10. The molecule has 0 aliphatic carbocycles. The van der Waals surface area contributed by atoms with E-state index in [2.05, 4.69) is 15.7 Å². The first-order valence-corrected chi connectivity index (χ1v) is 9.05. The molecule has 0 bridgehead atoms. The Morgan fingerprint density at radius 3 is 2.68 bits per heavy atom. The number of anilines is 1. The Balaban J connectivity index is 1.96. The molecule has 2 heterocycles. The Morgan fingerprint density at radius 1 is 1.39 bits per heavy atom. The van der Waals surface area contributed by atoms with Crippen LogP contribution in [0.5, 0.6) is 0 Å². The van der Waals surface area contributed by atoms with Crippen molar-refractivity contribution in [1.82, 2.24) is 15.1 Å². The molecule has 1 aromatic carbocycles. The maximum absolute atomic E-state index is 13.7. The van der Waals surface area contributed by atoms with Crippen LogP contribution in [0.15, 0.2) is 24.3 Å². The summed E-state index contributed by atoms with van der Waals surface area (Å²) in [4.78, 5) is 12.3. The topological polar surface area (TPSA) is 68.2 Å². The van der Waals surface area contributed by atoms with E-state index >= 15 is 0 Å². The lowest BCUT2D eigenvalue weighted by atomic mass is 9.96. The number of nitrogens with zero attached hydrogens (tertiary/aromatic N) is 2. The fourth-order valence-electron chi connectivity index (χ4n) is 3.10. The monoisotopic (exact) mass is 416 g/mol. The Labute approximate surface area is 165 Å². The Kier molecular flexibility index (Phi) is 5.85. The van der Waals surface area contributed by atoms with Crippen molar-refractivity contribution in [3.05, 3.63) is 46.1 Å². The molecule has 6 nitrogen and oxygen atoms in total. The Hall–Kier alpha value is -2.26. The van der Waals surface area contributed by atoms with Crippen LogP contribution in [-0.4, -0.2) is 42.1 Å². The molecule has 1 aromatic heterocycles. The average molecular weight is 417 g/mol. The number of halogens is 4. The summed E-state index contributed by atoms with van der Waals surface area (Å²) in [7, 11) is 1.47. The van der Waals surface area contributed by atoms with E-state index in [0.29, 0.717) is 5.56 Å². The lowest BCUT2D eigenvalue weighted by Crippen LogP contribution is -2.36. The predicted octanol–water partition coefficient (Wildman–Crippen LogP) is 3.88. The first-order chi connectivity index (χ1) is 13.2. The standard InChI is InChI=1S/C18H20ClF3N4O2/c1-10-3-5-11(6-4-10)12-9-13(18(20,21)22)26-16(24-12)14(19)15(25-26)17(27)23-7-8-28-2/h3-6,12-13,24H,7-9H2,1-2H3,(H,23,27)/t12-,13-/m0/s1. The van der Waals surface area contributed by atoms with Crippen molar-refractivity contribution in [1.29, 1.82) is 0 Å². The molecule has 1 aliphatic heterocycles. The minimum Gasteiger partial charge on any atom is -0.383 e. The van der Waals surface area contributed by atoms with Gasteiger partial charge in [-0.05, 0) is 12.5 Å². The number of amides is 1. The van der Waals surface area contributed by atoms with Crippen molar-refractivity contribution in [2.75, 3.05) is 25.6 Å². The molecule has 0 spiro atoms. The largest absolute Gasteiger partial charge is 0.410 e. The number of fused-ring (bicyclic) bond motifs is 1. The predicted molar refractivity (Wildman–Crippen MR) is 98.7 cm³/mol. The van der Waals surface area contributed by atoms with Gasteiger partial charge in [-0.15, -0.1) is 0 Å². The summed E-state index contributed by atoms with van der Waals surface area (Å²) in [6.07, 6.45) is -4.80. The van der Waals surface area contributed by atoms with Gasteiger partial charge >= 0.3 is 6.18 Å². The molecule has 2 N–H and O–H groups in total. The number of hydrogen-bond donors (Lipinski definition) is 2.